The topological polar surface area (TPSA) is 75.7 Å². The van der Waals surface area contributed by atoms with Crippen molar-refractivity contribution in [1.29, 1.82) is 0 Å². The third-order valence-electron chi connectivity index (χ3n) is 3.75. The van der Waals surface area contributed by atoms with E-state index in [1.54, 1.807) is 19.2 Å². The normalized spacial score (nSPS) is 11.5. The Bertz CT molecular complexity index is 888. The number of halogens is 3. The number of carbonyl (C=O) groups is 1. The molecule has 1 N–H and O–H groups in total. The van der Waals surface area contributed by atoms with E-state index in [2.05, 4.69) is 9.46 Å². The SMILES string of the molecule is CN(Cc1ccc(OC(F)F)cc1)C(=O)CCNS(=O)(=O)c1ccc(F)cc1. The number of hydrogen-bond acceptors (Lipinski definition) is 4. The van der Waals surface area contributed by atoms with Gasteiger partial charge in [0, 0.05) is 26.6 Å². The largest absolute Gasteiger partial charge is 0.435 e. The minimum absolute atomic E-state index is 0.0166. The van der Waals surface area contributed by atoms with Crippen LogP contribution in [-0.2, 0) is 21.4 Å². The molecule has 0 aromatic heterocycles. The molecular formula is C18H19F3N2O4S. The fourth-order valence-corrected chi connectivity index (χ4v) is 3.35. The van der Waals surface area contributed by atoms with Crippen molar-refractivity contribution < 1.29 is 31.1 Å². The Morgan fingerprint density at radius 3 is 2.29 bits per heavy atom. The first-order valence-electron chi connectivity index (χ1n) is 8.20. The highest BCUT2D eigenvalue weighted by Crippen LogP contribution is 2.16. The summed E-state index contributed by atoms with van der Waals surface area (Å²) >= 11 is 0. The number of sulfonamides is 1. The number of hydrogen-bond donors (Lipinski definition) is 1. The Labute approximate surface area is 161 Å². The van der Waals surface area contributed by atoms with Gasteiger partial charge in [-0.15, -0.1) is 0 Å². The van der Waals surface area contributed by atoms with Gasteiger partial charge in [0.1, 0.15) is 11.6 Å². The fraction of sp³-hybridized carbons (Fsp3) is 0.278. The van der Waals surface area contributed by atoms with E-state index in [4.69, 9.17) is 0 Å². The quantitative estimate of drug-likeness (QED) is 0.682. The summed E-state index contributed by atoms with van der Waals surface area (Å²) in [7, 11) is -2.29. The number of carbonyl (C=O) groups excluding carboxylic acids is 1. The lowest BCUT2D eigenvalue weighted by atomic mass is 10.2. The predicted octanol–water partition coefficient (Wildman–Crippen LogP) is 2.75. The average Bonchev–Trinajstić information content (AvgIpc) is 2.63. The van der Waals surface area contributed by atoms with Crippen LogP contribution in [0.4, 0.5) is 13.2 Å². The molecule has 2 rings (SSSR count). The van der Waals surface area contributed by atoms with E-state index < -0.39 is 22.5 Å². The molecule has 0 spiro atoms. The number of nitrogens with one attached hydrogen (secondary N) is 1. The first-order valence-corrected chi connectivity index (χ1v) is 9.68. The number of nitrogens with zero attached hydrogens (tertiary/aromatic N) is 1. The van der Waals surface area contributed by atoms with E-state index in [1.807, 2.05) is 0 Å². The van der Waals surface area contributed by atoms with Gasteiger partial charge in [0.25, 0.3) is 0 Å². The van der Waals surface area contributed by atoms with Gasteiger partial charge in [-0.2, -0.15) is 8.78 Å². The fourth-order valence-electron chi connectivity index (χ4n) is 2.32. The lowest BCUT2D eigenvalue weighted by Crippen LogP contribution is -2.31. The van der Waals surface area contributed by atoms with Crippen molar-refractivity contribution >= 4 is 15.9 Å². The van der Waals surface area contributed by atoms with Crippen LogP contribution >= 0.6 is 0 Å². The number of amides is 1. The smallest absolute Gasteiger partial charge is 0.387 e. The first-order chi connectivity index (χ1) is 13.2. The van der Waals surface area contributed by atoms with Crippen molar-refractivity contribution in [2.45, 2.75) is 24.5 Å². The lowest BCUT2D eigenvalue weighted by Gasteiger charge is -2.18. The molecule has 2 aromatic rings. The van der Waals surface area contributed by atoms with Crippen LogP contribution in [0.1, 0.15) is 12.0 Å². The minimum atomic E-state index is -3.83. The Kier molecular flexibility index (Phi) is 7.41. The zero-order valence-electron chi connectivity index (χ0n) is 14.9. The van der Waals surface area contributed by atoms with Crippen LogP contribution < -0.4 is 9.46 Å². The van der Waals surface area contributed by atoms with E-state index >= 15 is 0 Å². The maximum atomic E-state index is 12.9. The Balaban J connectivity index is 1.83. The summed E-state index contributed by atoms with van der Waals surface area (Å²) in [5.74, 6) is -0.845. The van der Waals surface area contributed by atoms with Gasteiger partial charge >= 0.3 is 6.61 Å². The number of rotatable bonds is 9. The zero-order chi connectivity index (χ0) is 20.7. The third-order valence-corrected chi connectivity index (χ3v) is 5.23. The second-order valence-electron chi connectivity index (χ2n) is 5.87. The van der Waals surface area contributed by atoms with Crippen molar-refractivity contribution in [2.75, 3.05) is 13.6 Å². The molecule has 0 aliphatic rings. The molecule has 0 aliphatic carbocycles. The van der Waals surface area contributed by atoms with Crippen LogP contribution in [0.2, 0.25) is 0 Å². The third kappa shape index (κ3) is 6.54. The molecule has 0 saturated heterocycles. The number of benzene rings is 2. The van der Waals surface area contributed by atoms with E-state index in [-0.39, 0.29) is 36.1 Å². The van der Waals surface area contributed by atoms with E-state index in [0.717, 1.165) is 24.3 Å². The molecule has 0 saturated carbocycles. The predicted molar refractivity (Wildman–Crippen MR) is 95.8 cm³/mol. The minimum Gasteiger partial charge on any atom is -0.435 e. The summed E-state index contributed by atoms with van der Waals surface area (Å²) in [5, 5.41) is 0. The van der Waals surface area contributed by atoms with Crippen LogP contribution in [0.25, 0.3) is 0 Å². The maximum absolute atomic E-state index is 12.9. The number of ether oxygens (including phenoxy) is 1. The molecule has 28 heavy (non-hydrogen) atoms. The van der Waals surface area contributed by atoms with Gasteiger partial charge in [-0.25, -0.2) is 17.5 Å². The maximum Gasteiger partial charge on any atom is 0.387 e. The van der Waals surface area contributed by atoms with Gasteiger partial charge < -0.3 is 9.64 Å². The Hall–Kier alpha value is -2.59. The Morgan fingerprint density at radius 2 is 1.71 bits per heavy atom. The summed E-state index contributed by atoms with van der Waals surface area (Å²) in [5.41, 5.74) is 0.698. The van der Waals surface area contributed by atoms with Gasteiger partial charge in [0.05, 0.1) is 4.90 Å². The number of alkyl halides is 2. The van der Waals surface area contributed by atoms with Crippen molar-refractivity contribution in [2.24, 2.45) is 0 Å². The standard InChI is InChI=1S/C18H19F3N2O4S/c1-23(12-13-2-6-15(7-3-13)27-18(20)21)17(24)10-11-22-28(25,26)16-8-4-14(19)5-9-16/h2-9,18,22H,10-12H2,1H3. The molecule has 152 valence electrons. The molecule has 0 radical (unpaired) electrons. The molecule has 0 fully saturated rings. The molecule has 1 amide bonds. The molecule has 0 atom stereocenters. The summed E-state index contributed by atoms with van der Waals surface area (Å²) < 4.78 is 67.8. The lowest BCUT2D eigenvalue weighted by molar-refractivity contribution is -0.130. The molecule has 6 nitrogen and oxygen atoms in total. The van der Waals surface area contributed by atoms with Crippen LogP contribution in [0.3, 0.4) is 0 Å². The van der Waals surface area contributed by atoms with Crippen molar-refractivity contribution in [1.82, 2.24) is 9.62 Å². The molecule has 10 heteroatoms. The van der Waals surface area contributed by atoms with Crippen LogP contribution in [-0.4, -0.2) is 39.4 Å². The summed E-state index contributed by atoms with van der Waals surface area (Å²) in [6.07, 6.45) is -0.0799. The van der Waals surface area contributed by atoms with Crippen molar-refractivity contribution in [3.63, 3.8) is 0 Å². The van der Waals surface area contributed by atoms with E-state index in [1.165, 1.54) is 17.0 Å². The van der Waals surface area contributed by atoms with Gasteiger partial charge in [-0.1, -0.05) is 12.1 Å². The highest BCUT2D eigenvalue weighted by atomic mass is 32.2. The summed E-state index contributed by atoms with van der Waals surface area (Å²) in [6, 6.07) is 10.2. The molecule has 2 aromatic carbocycles. The highest BCUT2D eigenvalue weighted by Gasteiger charge is 2.15. The molecule has 0 heterocycles. The van der Waals surface area contributed by atoms with Gasteiger partial charge in [0.2, 0.25) is 15.9 Å². The van der Waals surface area contributed by atoms with Gasteiger partial charge in [-0.05, 0) is 42.0 Å². The van der Waals surface area contributed by atoms with Crippen molar-refractivity contribution in [3.8, 4) is 5.75 Å². The molecule has 0 aliphatic heterocycles. The van der Waals surface area contributed by atoms with Crippen LogP contribution in [0, 0.1) is 5.82 Å². The molecule has 0 unspecified atom stereocenters. The highest BCUT2D eigenvalue weighted by molar-refractivity contribution is 7.89. The van der Waals surface area contributed by atoms with Crippen LogP contribution in [0.15, 0.2) is 53.4 Å². The van der Waals surface area contributed by atoms with E-state index in [0.29, 0.717) is 5.56 Å². The Morgan fingerprint density at radius 1 is 1.11 bits per heavy atom. The van der Waals surface area contributed by atoms with Gasteiger partial charge in [0.15, 0.2) is 0 Å². The van der Waals surface area contributed by atoms with Crippen molar-refractivity contribution in [3.05, 3.63) is 59.9 Å². The van der Waals surface area contributed by atoms with Crippen LogP contribution in [0.5, 0.6) is 5.75 Å². The second kappa shape index (κ2) is 9.56. The first kappa shape index (κ1) is 21.7. The van der Waals surface area contributed by atoms with E-state index in [9.17, 15) is 26.4 Å². The van der Waals surface area contributed by atoms with Gasteiger partial charge in [-0.3, -0.25) is 4.79 Å². The zero-order valence-corrected chi connectivity index (χ0v) is 15.8. The monoisotopic (exact) mass is 416 g/mol. The molecule has 0 bridgehead atoms. The second-order valence-corrected chi connectivity index (χ2v) is 7.64. The molecular weight excluding hydrogens is 397 g/mol. The average molecular weight is 416 g/mol. The summed E-state index contributed by atoms with van der Waals surface area (Å²) in [4.78, 5) is 13.4. The summed E-state index contributed by atoms with van der Waals surface area (Å²) in [6.45, 7) is -2.81.